The molecule has 2 rings (SSSR count). The van der Waals surface area contributed by atoms with Gasteiger partial charge in [0, 0.05) is 18.1 Å². The van der Waals surface area contributed by atoms with Crippen molar-refractivity contribution in [1.29, 1.82) is 0 Å². The number of ether oxygens (including phenoxy) is 1. The Morgan fingerprint density at radius 2 is 2.06 bits per heavy atom. The van der Waals surface area contributed by atoms with E-state index in [9.17, 15) is 0 Å². The molecule has 94 valence electrons. The number of nitrogens with two attached hydrogens (primary N) is 1. The van der Waals surface area contributed by atoms with E-state index in [2.05, 4.69) is 35.9 Å². The van der Waals surface area contributed by atoms with Crippen LogP contribution in [0.15, 0.2) is 29.2 Å². The molecule has 1 atom stereocenters. The Bertz CT molecular complexity index is 353. The van der Waals surface area contributed by atoms with E-state index < -0.39 is 0 Å². The second-order valence-electron chi connectivity index (χ2n) is 4.34. The molecule has 1 saturated heterocycles. The van der Waals surface area contributed by atoms with Gasteiger partial charge in [0.15, 0.2) is 0 Å². The van der Waals surface area contributed by atoms with Gasteiger partial charge in [-0.1, -0.05) is 18.2 Å². The summed E-state index contributed by atoms with van der Waals surface area (Å²) in [5.41, 5.74) is 4.31. The Kier molecular flexibility index (Phi) is 4.86. The van der Waals surface area contributed by atoms with E-state index in [-0.39, 0.29) is 6.04 Å². The summed E-state index contributed by atoms with van der Waals surface area (Å²) in [4.78, 5) is 1.31. The topological polar surface area (TPSA) is 47.3 Å². The van der Waals surface area contributed by atoms with Crippen LogP contribution in [0, 0.1) is 5.92 Å². The number of nitrogens with one attached hydrogen (secondary N) is 1. The lowest BCUT2D eigenvalue weighted by Crippen LogP contribution is -2.36. The predicted octanol–water partition coefficient (Wildman–Crippen LogP) is 2.34. The van der Waals surface area contributed by atoms with E-state index in [1.165, 1.54) is 10.5 Å². The number of hydrazine groups is 1. The van der Waals surface area contributed by atoms with E-state index >= 15 is 0 Å². The van der Waals surface area contributed by atoms with Crippen molar-refractivity contribution >= 4 is 11.8 Å². The first kappa shape index (κ1) is 12.9. The van der Waals surface area contributed by atoms with Gasteiger partial charge < -0.3 is 4.74 Å². The molecule has 0 saturated carbocycles. The second kappa shape index (κ2) is 6.40. The monoisotopic (exact) mass is 252 g/mol. The first-order valence-electron chi connectivity index (χ1n) is 6.03. The molecule has 0 radical (unpaired) electrons. The van der Waals surface area contributed by atoms with Gasteiger partial charge in [-0.25, -0.2) is 0 Å². The number of benzene rings is 1. The van der Waals surface area contributed by atoms with E-state index in [0.29, 0.717) is 5.92 Å². The van der Waals surface area contributed by atoms with Gasteiger partial charge in [-0.05, 0) is 36.6 Å². The minimum Gasteiger partial charge on any atom is -0.381 e. The molecule has 3 N–H and O–H groups in total. The maximum Gasteiger partial charge on any atom is 0.0500 e. The highest BCUT2D eigenvalue weighted by Crippen LogP contribution is 2.34. The van der Waals surface area contributed by atoms with E-state index in [1.807, 2.05) is 0 Å². The zero-order valence-electron chi connectivity index (χ0n) is 10.2. The zero-order valence-corrected chi connectivity index (χ0v) is 11.0. The average Bonchev–Trinajstić information content (AvgIpc) is 2.41. The van der Waals surface area contributed by atoms with Crippen molar-refractivity contribution in [3.05, 3.63) is 29.8 Å². The van der Waals surface area contributed by atoms with E-state index in [1.54, 1.807) is 11.8 Å². The van der Waals surface area contributed by atoms with Crippen LogP contribution in [0.5, 0.6) is 0 Å². The molecule has 0 spiro atoms. The fourth-order valence-corrected chi connectivity index (χ4v) is 3.10. The third-order valence-corrected chi connectivity index (χ3v) is 4.20. The Morgan fingerprint density at radius 1 is 1.35 bits per heavy atom. The third kappa shape index (κ3) is 3.01. The molecule has 1 fully saturated rings. The van der Waals surface area contributed by atoms with Crippen molar-refractivity contribution in [2.24, 2.45) is 11.8 Å². The van der Waals surface area contributed by atoms with Crippen molar-refractivity contribution < 1.29 is 4.74 Å². The van der Waals surface area contributed by atoms with Crippen LogP contribution in [0.1, 0.15) is 24.4 Å². The highest BCUT2D eigenvalue weighted by Gasteiger charge is 2.25. The van der Waals surface area contributed by atoms with Gasteiger partial charge in [0.05, 0.1) is 6.04 Å². The van der Waals surface area contributed by atoms with Gasteiger partial charge in [0.1, 0.15) is 0 Å². The molecule has 1 aliphatic heterocycles. The van der Waals surface area contributed by atoms with E-state index in [0.717, 1.165) is 26.1 Å². The summed E-state index contributed by atoms with van der Waals surface area (Å²) in [5, 5.41) is 0. The summed E-state index contributed by atoms with van der Waals surface area (Å²) in [6, 6.07) is 8.73. The van der Waals surface area contributed by atoms with Gasteiger partial charge in [0.25, 0.3) is 0 Å². The molecule has 1 aromatic rings. The first-order valence-corrected chi connectivity index (χ1v) is 7.26. The lowest BCUT2D eigenvalue weighted by atomic mass is 9.87. The summed E-state index contributed by atoms with van der Waals surface area (Å²) in [7, 11) is 0. The maximum atomic E-state index is 5.76. The normalized spacial score (nSPS) is 19.2. The highest BCUT2D eigenvalue weighted by molar-refractivity contribution is 7.98. The Balaban J connectivity index is 2.21. The molecular formula is C13H20N2OS. The standard InChI is InChI=1S/C13H20N2OS/c1-17-12-5-3-2-4-11(12)13(15-14)10-6-8-16-9-7-10/h2-5,10,13,15H,6-9,14H2,1H3. The van der Waals surface area contributed by atoms with Gasteiger partial charge >= 0.3 is 0 Å². The Morgan fingerprint density at radius 3 is 2.71 bits per heavy atom. The van der Waals surface area contributed by atoms with Crippen LogP contribution in [0.4, 0.5) is 0 Å². The molecule has 0 aliphatic carbocycles. The van der Waals surface area contributed by atoms with Gasteiger partial charge in [-0.3, -0.25) is 11.3 Å². The van der Waals surface area contributed by atoms with E-state index in [4.69, 9.17) is 10.6 Å². The van der Waals surface area contributed by atoms with Gasteiger partial charge in [0.2, 0.25) is 0 Å². The molecule has 0 bridgehead atoms. The molecule has 1 aromatic carbocycles. The quantitative estimate of drug-likeness (QED) is 0.490. The van der Waals surface area contributed by atoms with Crippen molar-refractivity contribution in [2.45, 2.75) is 23.8 Å². The fraction of sp³-hybridized carbons (Fsp3) is 0.538. The number of hydrogen-bond acceptors (Lipinski definition) is 4. The minimum atomic E-state index is 0.238. The lowest BCUT2D eigenvalue weighted by molar-refractivity contribution is 0.0533. The largest absolute Gasteiger partial charge is 0.381 e. The third-order valence-electron chi connectivity index (χ3n) is 3.39. The Hall–Kier alpha value is -0.550. The van der Waals surface area contributed by atoms with Crippen molar-refractivity contribution in [1.82, 2.24) is 5.43 Å². The molecule has 17 heavy (non-hydrogen) atoms. The molecule has 4 heteroatoms. The minimum absolute atomic E-state index is 0.238. The van der Waals surface area contributed by atoms with Crippen molar-refractivity contribution in [3.63, 3.8) is 0 Å². The summed E-state index contributed by atoms with van der Waals surface area (Å²) in [6.07, 6.45) is 4.27. The number of rotatable bonds is 4. The smallest absolute Gasteiger partial charge is 0.0500 e. The van der Waals surface area contributed by atoms with Crippen LogP contribution in [-0.2, 0) is 4.74 Å². The van der Waals surface area contributed by atoms with Crippen molar-refractivity contribution in [2.75, 3.05) is 19.5 Å². The van der Waals surface area contributed by atoms with Crippen LogP contribution in [0.25, 0.3) is 0 Å². The number of thioether (sulfide) groups is 1. The molecule has 1 heterocycles. The summed E-state index contributed by atoms with van der Waals surface area (Å²) in [6.45, 7) is 1.70. The zero-order chi connectivity index (χ0) is 12.1. The summed E-state index contributed by atoms with van der Waals surface area (Å²) >= 11 is 1.78. The molecule has 0 aromatic heterocycles. The van der Waals surface area contributed by atoms with Crippen LogP contribution in [-0.4, -0.2) is 19.5 Å². The SMILES string of the molecule is CSc1ccccc1C(NN)C1CCOCC1. The highest BCUT2D eigenvalue weighted by atomic mass is 32.2. The predicted molar refractivity (Wildman–Crippen MR) is 71.8 cm³/mol. The molecule has 0 amide bonds. The summed E-state index contributed by atoms with van der Waals surface area (Å²) < 4.78 is 5.41. The fourth-order valence-electron chi connectivity index (χ4n) is 2.45. The average molecular weight is 252 g/mol. The maximum absolute atomic E-state index is 5.76. The molecular weight excluding hydrogens is 232 g/mol. The molecule has 1 unspecified atom stereocenters. The Labute approximate surface area is 107 Å². The van der Waals surface area contributed by atoms with Crippen LogP contribution in [0.2, 0.25) is 0 Å². The second-order valence-corrected chi connectivity index (χ2v) is 5.18. The summed E-state index contributed by atoms with van der Waals surface area (Å²) in [5.74, 6) is 6.33. The van der Waals surface area contributed by atoms with Crippen LogP contribution >= 0.6 is 11.8 Å². The first-order chi connectivity index (χ1) is 8.36. The van der Waals surface area contributed by atoms with Crippen LogP contribution < -0.4 is 11.3 Å². The van der Waals surface area contributed by atoms with Gasteiger partial charge in [-0.15, -0.1) is 11.8 Å². The van der Waals surface area contributed by atoms with Crippen LogP contribution in [0.3, 0.4) is 0 Å². The molecule has 1 aliphatic rings. The molecule has 3 nitrogen and oxygen atoms in total. The van der Waals surface area contributed by atoms with Crippen molar-refractivity contribution in [3.8, 4) is 0 Å². The lowest BCUT2D eigenvalue weighted by Gasteiger charge is -2.31. The van der Waals surface area contributed by atoms with Gasteiger partial charge in [-0.2, -0.15) is 0 Å². The number of hydrogen-bond donors (Lipinski definition) is 2.